The van der Waals surface area contributed by atoms with Crippen LogP contribution in [0, 0.1) is 0 Å². The molecule has 1 aromatic rings. The van der Waals surface area contributed by atoms with Crippen LogP contribution in [0.2, 0.25) is 0 Å². The molecule has 5 nitrogen and oxygen atoms in total. The summed E-state index contributed by atoms with van der Waals surface area (Å²) < 4.78 is 10.4. The summed E-state index contributed by atoms with van der Waals surface area (Å²) in [6.07, 6.45) is 1.94. The maximum atomic E-state index is 11.5. The molecule has 0 aliphatic carbocycles. The van der Waals surface area contributed by atoms with E-state index in [9.17, 15) is 4.79 Å². The SMILES string of the molecule is COc1ccc(CCNC(=O)CCC(C)N)cc1OC. The third kappa shape index (κ3) is 5.48. The maximum Gasteiger partial charge on any atom is 0.220 e. The van der Waals surface area contributed by atoms with Crippen molar-refractivity contribution >= 4 is 5.91 Å². The largest absolute Gasteiger partial charge is 0.493 e. The molecular weight excluding hydrogens is 256 g/mol. The number of rotatable bonds is 8. The fraction of sp³-hybridized carbons (Fsp3) is 0.533. The van der Waals surface area contributed by atoms with E-state index in [1.165, 1.54) is 0 Å². The molecule has 0 fully saturated rings. The number of nitrogens with two attached hydrogens (primary N) is 1. The highest BCUT2D eigenvalue weighted by Crippen LogP contribution is 2.27. The van der Waals surface area contributed by atoms with E-state index in [-0.39, 0.29) is 11.9 Å². The summed E-state index contributed by atoms with van der Waals surface area (Å²) in [6.45, 7) is 2.50. The molecule has 0 aliphatic heterocycles. The second-order valence-corrected chi connectivity index (χ2v) is 4.81. The zero-order valence-corrected chi connectivity index (χ0v) is 12.4. The van der Waals surface area contributed by atoms with Gasteiger partial charge in [0.15, 0.2) is 11.5 Å². The molecule has 20 heavy (non-hydrogen) atoms. The van der Waals surface area contributed by atoms with Crippen molar-refractivity contribution in [2.45, 2.75) is 32.2 Å². The molecule has 1 aromatic carbocycles. The molecule has 0 aliphatic rings. The third-order valence-corrected chi connectivity index (χ3v) is 3.01. The van der Waals surface area contributed by atoms with E-state index in [1.807, 2.05) is 25.1 Å². The highest BCUT2D eigenvalue weighted by atomic mass is 16.5. The van der Waals surface area contributed by atoms with Crippen LogP contribution in [0.25, 0.3) is 0 Å². The molecule has 1 amide bonds. The van der Waals surface area contributed by atoms with Crippen LogP contribution in [0.4, 0.5) is 0 Å². The summed E-state index contributed by atoms with van der Waals surface area (Å²) in [6, 6.07) is 5.82. The Morgan fingerprint density at radius 1 is 1.30 bits per heavy atom. The number of amides is 1. The predicted molar refractivity (Wildman–Crippen MR) is 79.1 cm³/mol. The van der Waals surface area contributed by atoms with Crippen molar-refractivity contribution in [3.8, 4) is 11.5 Å². The molecule has 0 bridgehead atoms. The molecule has 1 rings (SSSR count). The number of hydrogen-bond acceptors (Lipinski definition) is 4. The number of methoxy groups -OCH3 is 2. The van der Waals surface area contributed by atoms with Crippen molar-refractivity contribution in [1.82, 2.24) is 5.32 Å². The fourth-order valence-corrected chi connectivity index (χ4v) is 1.83. The van der Waals surface area contributed by atoms with Gasteiger partial charge in [-0.1, -0.05) is 6.07 Å². The van der Waals surface area contributed by atoms with Crippen LogP contribution < -0.4 is 20.5 Å². The van der Waals surface area contributed by atoms with E-state index in [0.29, 0.717) is 30.9 Å². The van der Waals surface area contributed by atoms with Gasteiger partial charge in [0.25, 0.3) is 0 Å². The third-order valence-electron chi connectivity index (χ3n) is 3.01. The van der Waals surface area contributed by atoms with E-state index in [1.54, 1.807) is 14.2 Å². The Morgan fingerprint density at radius 3 is 2.60 bits per heavy atom. The molecule has 1 atom stereocenters. The monoisotopic (exact) mass is 280 g/mol. The van der Waals surface area contributed by atoms with Crippen LogP contribution >= 0.6 is 0 Å². The fourth-order valence-electron chi connectivity index (χ4n) is 1.83. The van der Waals surface area contributed by atoms with Gasteiger partial charge in [-0.15, -0.1) is 0 Å². The average molecular weight is 280 g/mol. The molecule has 0 aromatic heterocycles. The van der Waals surface area contributed by atoms with Gasteiger partial charge in [0.2, 0.25) is 5.91 Å². The van der Waals surface area contributed by atoms with Crippen LogP contribution in [0.3, 0.4) is 0 Å². The van der Waals surface area contributed by atoms with Crippen molar-refractivity contribution in [3.05, 3.63) is 23.8 Å². The lowest BCUT2D eigenvalue weighted by Gasteiger charge is -2.10. The van der Waals surface area contributed by atoms with Gasteiger partial charge in [0.05, 0.1) is 14.2 Å². The van der Waals surface area contributed by atoms with Crippen LogP contribution in [0.1, 0.15) is 25.3 Å². The minimum Gasteiger partial charge on any atom is -0.493 e. The zero-order chi connectivity index (χ0) is 15.0. The van der Waals surface area contributed by atoms with E-state index in [2.05, 4.69) is 5.32 Å². The lowest BCUT2D eigenvalue weighted by Crippen LogP contribution is -2.27. The van der Waals surface area contributed by atoms with E-state index in [0.717, 1.165) is 12.0 Å². The molecular formula is C15H24N2O3. The van der Waals surface area contributed by atoms with Crippen molar-refractivity contribution in [1.29, 1.82) is 0 Å². The second kappa shape index (κ2) is 8.43. The summed E-state index contributed by atoms with van der Waals surface area (Å²) in [5.41, 5.74) is 6.71. The van der Waals surface area contributed by atoms with E-state index < -0.39 is 0 Å². The summed E-state index contributed by atoms with van der Waals surface area (Å²) in [7, 11) is 3.22. The van der Waals surface area contributed by atoms with Crippen LogP contribution in [0.5, 0.6) is 11.5 Å². The van der Waals surface area contributed by atoms with Crippen LogP contribution in [-0.2, 0) is 11.2 Å². The Labute approximate surface area is 120 Å². The van der Waals surface area contributed by atoms with Gasteiger partial charge in [0, 0.05) is 19.0 Å². The maximum absolute atomic E-state index is 11.5. The number of hydrogen-bond donors (Lipinski definition) is 2. The first kappa shape index (κ1) is 16.3. The van der Waals surface area contributed by atoms with Gasteiger partial charge in [-0.05, 0) is 37.5 Å². The lowest BCUT2D eigenvalue weighted by atomic mass is 10.1. The molecule has 3 N–H and O–H groups in total. The molecule has 0 heterocycles. The number of carbonyl (C=O) groups is 1. The smallest absolute Gasteiger partial charge is 0.220 e. The first-order chi connectivity index (χ1) is 9.56. The molecule has 0 radical (unpaired) electrons. The molecule has 0 saturated heterocycles. The minimum absolute atomic E-state index is 0.0442. The molecule has 0 saturated carbocycles. The van der Waals surface area contributed by atoms with Gasteiger partial charge in [-0.3, -0.25) is 4.79 Å². The van der Waals surface area contributed by atoms with Gasteiger partial charge in [0.1, 0.15) is 0 Å². The molecule has 0 spiro atoms. The van der Waals surface area contributed by atoms with Gasteiger partial charge < -0.3 is 20.5 Å². The zero-order valence-electron chi connectivity index (χ0n) is 12.4. The minimum atomic E-state index is 0.0442. The Hall–Kier alpha value is -1.75. The van der Waals surface area contributed by atoms with Crippen molar-refractivity contribution in [2.24, 2.45) is 5.73 Å². The summed E-state index contributed by atoms with van der Waals surface area (Å²) in [5, 5.41) is 2.89. The lowest BCUT2D eigenvalue weighted by molar-refractivity contribution is -0.121. The Kier molecular flexibility index (Phi) is 6.87. The first-order valence-electron chi connectivity index (χ1n) is 6.80. The summed E-state index contributed by atoms with van der Waals surface area (Å²) in [4.78, 5) is 11.5. The normalized spacial score (nSPS) is 11.8. The molecule has 1 unspecified atom stereocenters. The van der Waals surface area contributed by atoms with E-state index >= 15 is 0 Å². The van der Waals surface area contributed by atoms with Crippen molar-refractivity contribution < 1.29 is 14.3 Å². The number of benzene rings is 1. The number of ether oxygens (including phenoxy) is 2. The highest BCUT2D eigenvalue weighted by molar-refractivity contribution is 5.75. The molecule has 112 valence electrons. The highest BCUT2D eigenvalue weighted by Gasteiger charge is 2.06. The first-order valence-corrected chi connectivity index (χ1v) is 6.80. The predicted octanol–water partition coefficient (Wildman–Crippen LogP) is 1.49. The number of carbonyl (C=O) groups excluding carboxylic acids is 1. The van der Waals surface area contributed by atoms with Crippen LogP contribution in [0.15, 0.2) is 18.2 Å². The van der Waals surface area contributed by atoms with Gasteiger partial charge in [-0.25, -0.2) is 0 Å². The Balaban J connectivity index is 2.40. The Bertz CT molecular complexity index is 433. The van der Waals surface area contributed by atoms with E-state index in [4.69, 9.17) is 15.2 Å². The van der Waals surface area contributed by atoms with Crippen LogP contribution in [-0.4, -0.2) is 32.7 Å². The quantitative estimate of drug-likeness (QED) is 0.756. The standard InChI is InChI=1S/C15H24N2O3/c1-11(16)4-7-15(18)17-9-8-12-5-6-13(19-2)14(10-12)20-3/h5-6,10-11H,4,7-9,16H2,1-3H3,(H,17,18). The molecule has 5 heteroatoms. The van der Waals surface area contributed by atoms with Gasteiger partial charge in [-0.2, -0.15) is 0 Å². The second-order valence-electron chi connectivity index (χ2n) is 4.81. The average Bonchev–Trinajstić information content (AvgIpc) is 2.44. The van der Waals surface area contributed by atoms with Crippen molar-refractivity contribution in [2.75, 3.05) is 20.8 Å². The number of nitrogens with one attached hydrogen (secondary N) is 1. The van der Waals surface area contributed by atoms with Gasteiger partial charge >= 0.3 is 0 Å². The summed E-state index contributed by atoms with van der Waals surface area (Å²) >= 11 is 0. The summed E-state index contributed by atoms with van der Waals surface area (Å²) in [5.74, 6) is 1.45. The topological polar surface area (TPSA) is 73.6 Å². The Morgan fingerprint density at radius 2 is 2.00 bits per heavy atom. The van der Waals surface area contributed by atoms with Crippen molar-refractivity contribution in [3.63, 3.8) is 0 Å².